The van der Waals surface area contributed by atoms with Gasteiger partial charge < -0.3 is 15.3 Å². The van der Waals surface area contributed by atoms with Crippen LogP contribution in [0.4, 0.5) is 0 Å². The number of carbonyl (C=O) groups is 1. The highest BCUT2D eigenvalue weighted by Crippen LogP contribution is 2.40. The highest BCUT2D eigenvalue weighted by atomic mass is 16.3. The Balaban J connectivity index is 1.74. The zero-order valence-corrected chi connectivity index (χ0v) is 10.2. The molecule has 0 spiro atoms. The molecule has 92 valence electrons. The van der Waals surface area contributed by atoms with E-state index in [0.717, 1.165) is 32.4 Å². The molecule has 0 aromatic heterocycles. The van der Waals surface area contributed by atoms with Gasteiger partial charge in [-0.15, -0.1) is 0 Å². The molecule has 4 nitrogen and oxygen atoms in total. The van der Waals surface area contributed by atoms with Gasteiger partial charge in [0.05, 0.1) is 12.6 Å². The van der Waals surface area contributed by atoms with E-state index in [1.165, 1.54) is 0 Å². The standard InChI is InChI=1S/C12H22N2O2/c1-12(2)9(7-10(12)15)13-8-11(16)14-5-3-4-6-14/h9-10,13,15H,3-8H2,1-2H3. The first kappa shape index (κ1) is 11.9. The average Bonchev–Trinajstić information content (AvgIpc) is 2.76. The third-order valence-electron chi connectivity index (χ3n) is 4.17. The minimum absolute atomic E-state index is 0.0920. The van der Waals surface area contributed by atoms with Gasteiger partial charge in [-0.2, -0.15) is 0 Å². The molecule has 0 aromatic carbocycles. The predicted octanol–water partition coefficient (Wildman–Crippen LogP) is 0.358. The molecular formula is C12H22N2O2. The highest BCUT2D eigenvalue weighted by Gasteiger charge is 2.47. The zero-order valence-electron chi connectivity index (χ0n) is 10.2. The summed E-state index contributed by atoms with van der Waals surface area (Å²) in [5.74, 6) is 0.203. The number of nitrogens with one attached hydrogen (secondary N) is 1. The Kier molecular flexibility index (Phi) is 3.22. The van der Waals surface area contributed by atoms with Crippen LogP contribution in [0.1, 0.15) is 33.1 Å². The molecule has 2 aliphatic rings. The Hall–Kier alpha value is -0.610. The van der Waals surface area contributed by atoms with E-state index in [9.17, 15) is 9.90 Å². The molecule has 4 heteroatoms. The third-order valence-corrected chi connectivity index (χ3v) is 4.17. The Morgan fingerprint density at radius 1 is 1.44 bits per heavy atom. The highest BCUT2D eigenvalue weighted by molar-refractivity contribution is 5.78. The summed E-state index contributed by atoms with van der Waals surface area (Å²) in [6, 6.07) is 0.272. The molecule has 0 bridgehead atoms. The molecule has 2 fully saturated rings. The third kappa shape index (κ3) is 2.09. The van der Waals surface area contributed by atoms with Crippen molar-refractivity contribution in [1.82, 2.24) is 10.2 Å². The quantitative estimate of drug-likeness (QED) is 0.730. The first-order valence-electron chi connectivity index (χ1n) is 6.21. The van der Waals surface area contributed by atoms with Crippen molar-refractivity contribution in [3.05, 3.63) is 0 Å². The van der Waals surface area contributed by atoms with Crippen LogP contribution in [0.2, 0.25) is 0 Å². The summed E-state index contributed by atoms with van der Waals surface area (Å²) in [7, 11) is 0. The van der Waals surface area contributed by atoms with E-state index in [0.29, 0.717) is 6.54 Å². The molecule has 1 saturated carbocycles. The van der Waals surface area contributed by atoms with Gasteiger partial charge in [-0.05, 0) is 19.3 Å². The van der Waals surface area contributed by atoms with E-state index in [1.807, 2.05) is 18.7 Å². The minimum Gasteiger partial charge on any atom is -0.392 e. The Bertz CT molecular complexity index is 272. The SMILES string of the molecule is CC1(C)C(O)CC1NCC(=O)N1CCCC1. The van der Waals surface area contributed by atoms with E-state index >= 15 is 0 Å². The van der Waals surface area contributed by atoms with E-state index < -0.39 is 0 Å². The lowest BCUT2D eigenvalue weighted by Gasteiger charge is -2.49. The number of rotatable bonds is 3. The number of hydrogen-bond acceptors (Lipinski definition) is 3. The molecule has 1 heterocycles. The summed E-state index contributed by atoms with van der Waals surface area (Å²) in [6.07, 6.45) is 2.81. The van der Waals surface area contributed by atoms with Gasteiger partial charge in [-0.1, -0.05) is 13.8 Å². The van der Waals surface area contributed by atoms with Crippen molar-refractivity contribution >= 4 is 5.91 Å². The molecule has 1 saturated heterocycles. The van der Waals surface area contributed by atoms with Crippen LogP contribution in [0.5, 0.6) is 0 Å². The van der Waals surface area contributed by atoms with E-state index in [1.54, 1.807) is 0 Å². The van der Waals surface area contributed by atoms with Gasteiger partial charge in [0.25, 0.3) is 0 Å². The van der Waals surface area contributed by atoms with Crippen molar-refractivity contribution in [2.45, 2.75) is 45.3 Å². The normalized spacial score (nSPS) is 32.6. The average molecular weight is 226 g/mol. The Labute approximate surface area is 97.0 Å². The monoisotopic (exact) mass is 226 g/mol. The maximum absolute atomic E-state index is 11.8. The van der Waals surface area contributed by atoms with Crippen LogP contribution in [-0.2, 0) is 4.79 Å². The van der Waals surface area contributed by atoms with Gasteiger partial charge in [0.15, 0.2) is 0 Å². The first-order valence-corrected chi connectivity index (χ1v) is 6.21. The van der Waals surface area contributed by atoms with E-state index in [2.05, 4.69) is 5.32 Å². The topological polar surface area (TPSA) is 52.6 Å². The lowest BCUT2D eigenvalue weighted by atomic mass is 9.64. The van der Waals surface area contributed by atoms with Crippen LogP contribution in [0.3, 0.4) is 0 Å². The number of carbonyl (C=O) groups excluding carboxylic acids is 1. The number of hydrogen-bond donors (Lipinski definition) is 2. The Morgan fingerprint density at radius 2 is 2.06 bits per heavy atom. The van der Waals surface area contributed by atoms with Crippen LogP contribution < -0.4 is 5.32 Å². The Morgan fingerprint density at radius 3 is 2.56 bits per heavy atom. The van der Waals surface area contributed by atoms with Gasteiger partial charge in [0.1, 0.15) is 0 Å². The van der Waals surface area contributed by atoms with Gasteiger partial charge in [0.2, 0.25) is 5.91 Å². The van der Waals surface area contributed by atoms with Crippen molar-refractivity contribution in [1.29, 1.82) is 0 Å². The summed E-state index contributed by atoms with van der Waals surface area (Å²) >= 11 is 0. The van der Waals surface area contributed by atoms with Gasteiger partial charge in [-0.25, -0.2) is 0 Å². The molecule has 0 radical (unpaired) electrons. The maximum Gasteiger partial charge on any atom is 0.236 e. The summed E-state index contributed by atoms with van der Waals surface area (Å²) in [4.78, 5) is 13.7. The first-order chi connectivity index (χ1) is 7.51. The van der Waals surface area contributed by atoms with Crippen molar-refractivity contribution in [2.75, 3.05) is 19.6 Å². The molecule has 2 atom stereocenters. The second-order valence-electron chi connectivity index (χ2n) is 5.59. The summed E-state index contributed by atoms with van der Waals surface area (Å²) in [6.45, 7) is 6.33. The van der Waals surface area contributed by atoms with Crippen molar-refractivity contribution in [3.8, 4) is 0 Å². The molecule has 2 N–H and O–H groups in total. The predicted molar refractivity (Wildman–Crippen MR) is 62.0 cm³/mol. The lowest BCUT2D eigenvalue weighted by Crippen LogP contribution is -2.61. The molecule has 16 heavy (non-hydrogen) atoms. The number of likely N-dealkylation sites (tertiary alicyclic amines) is 1. The number of nitrogens with zero attached hydrogens (tertiary/aromatic N) is 1. The molecule has 1 aliphatic heterocycles. The number of aliphatic hydroxyl groups is 1. The van der Waals surface area contributed by atoms with Crippen LogP contribution >= 0.6 is 0 Å². The molecule has 2 rings (SSSR count). The van der Waals surface area contributed by atoms with Gasteiger partial charge in [0, 0.05) is 24.5 Å². The fourth-order valence-corrected chi connectivity index (χ4v) is 2.54. The molecule has 1 amide bonds. The van der Waals surface area contributed by atoms with Crippen molar-refractivity contribution < 1.29 is 9.90 Å². The molecular weight excluding hydrogens is 204 g/mol. The van der Waals surface area contributed by atoms with Gasteiger partial charge >= 0.3 is 0 Å². The minimum atomic E-state index is -0.230. The van der Waals surface area contributed by atoms with Crippen LogP contribution in [0.25, 0.3) is 0 Å². The van der Waals surface area contributed by atoms with E-state index in [4.69, 9.17) is 0 Å². The van der Waals surface area contributed by atoms with E-state index in [-0.39, 0.29) is 23.5 Å². The van der Waals surface area contributed by atoms with Crippen LogP contribution in [0.15, 0.2) is 0 Å². The second kappa shape index (κ2) is 4.34. The van der Waals surface area contributed by atoms with Crippen LogP contribution in [-0.4, -0.2) is 47.7 Å². The van der Waals surface area contributed by atoms with Crippen molar-refractivity contribution in [3.63, 3.8) is 0 Å². The number of aliphatic hydroxyl groups excluding tert-OH is 1. The molecule has 1 aliphatic carbocycles. The van der Waals surface area contributed by atoms with Crippen molar-refractivity contribution in [2.24, 2.45) is 5.41 Å². The fraction of sp³-hybridized carbons (Fsp3) is 0.917. The smallest absolute Gasteiger partial charge is 0.236 e. The fourth-order valence-electron chi connectivity index (χ4n) is 2.54. The second-order valence-corrected chi connectivity index (χ2v) is 5.59. The zero-order chi connectivity index (χ0) is 11.8. The summed E-state index contributed by atoms with van der Waals surface area (Å²) in [5, 5.41) is 12.9. The maximum atomic E-state index is 11.8. The van der Waals surface area contributed by atoms with Crippen LogP contribution in [0, 0.1) is 5.41 Å². The molecule has 0 aromatic rings. The molecule has 2 unspecified atom stereocenters. The van der Waals surface area contributed by atoms with Gasteiger partial charge in [-0.3, -0.25) is 4.79 Å². The summed E-state index contributed by atoms with van der Waals surface area (Å²) in [5.41, 5.74) is -0.0920. The number of amides is 1. The summed E-state index contributed by atoms with van der Waals surface area (Å²) < 4.78 is 0. The largest absolute Gasteiger partial charge is 0.392 e. The lowest BCUT2D eigenvalue weighted by molar-refractivity contribution is -0.130.